The Bertz CT molecular complexity index is 1010. The molecule has 0 atom stereocenters. The summed E-state index contributed by atoms with van der Waals surface area (Å²) in [5.74, 6) is -0.146. The molecule has 0 bridgehead atoms. The van der Waals surface area contributed by atoms with Crippen molar-refractivity contribution in [2.24, 2.45) is 5.73 Å². The Morgan fingerprint density at radius 3 is 2.56 bits per heavy atom. The van der Waals surface area contributed by atoms with Gasteiger partial charge in [-0.15, -0.1) is 11.3 Å². The number of thiazole rings is 1. The first-order valence-electron chi connectivity index (χ1n) is 8.04. The van der Waals surface area contributed by atoms with Crippen molar-refractivity contribution >= 4 is 33.1 Å². The molecule has 0 aliphatic rings. The van der Waals surface area contributed by atoms with Crippen molar-refractivity contribution in [2.75, 3.05) is 5.73 Å². The Morgan fingerprint density at radius 2 is 1.96 bits per heavy atom. The molecule has 0 radical (unpaired) electrons. The first kappa shape index (κ1) is 17.2. The summed E-state index contributed by atoms with van der Waals surface area (Å²) in [6.07, 6.45) is 0. The van der Waals surface area contributed by atoms with Crippen molar-refractivity contribution in [1.29, 1.82) is 0 Å². The van der Waals surface area contributed by atoms with Gasteiger partial charge >= 0.3 is 0 Å². The number of carbonyl (C=O) groups is 1. The van der Waals surface area contributed by atoms with E-state index in [2.05, 4.69) is 18.8 Å². The van der Waals surface area contributed by atoms with Crippen molar-refractivity contribution in [3.05, 3.63) is 39.9 Å². The Labute approximate surface area is 150 Å². The molecule has 6 heteroatoms. The average Bonchev–Trinajstić information content (AvgIpc) is 2.95. The van der Waals surface area contributed by atoms with Gasteiger partial charge < -0.3 is 16.6 Å². The fraction of sp³-hybridized carbons (Fsp3) is 0.263. The highest BCUT2D eigenvalue weighted by molar-refractivity contribution is 7.19. The lowest BCUT2D eigenvalue weighted by Crippen LogP contribution is -2.14. The maximum absolute atomic E-state index is 12.1. The van der Waals surface area contributed by atoms with E-state index in [1.807, 2.05) is 26.0 Å². The van der Waals surface area contributed by atoms with Gasteiger partial charge in [0.15, 0.2) is 0 Å². The molecule has 3 rings (SSSR count). The van der Waals surface area contributed by atoms with E-state index in [9.17, 15) is 9.90 Å². The third-order valence-corrected chi connectivity index (χ3v) is 5.78. The number of phenols is 1. The molecule has 0 unspecified atom stereocenters. The molecular weight excluding hydrogens is 334 g/mol. The molecule has 0 saturated carbocycles. The number of aromatic hydroxyl groups is 1. The topological polar surface area (TPSA) is 102 Å². The van der Waals surface area contributed by atoms with E-state index < -0.39 is 5.91 Å². The average molecular weight is 355 g/mol. The zero-order chi connectivity index (χ0) is 18.5. The van der Waals surface area contributed by atoms with Crippen LogP contribution in [-0.4, -0.2) is 16.0 Å². The molecule has 1 amide bonds. The number of rotatable bonds is 3. The molecule has 3 aromatic rings. The Kier molecular flexibility index (Phi) is 4.16. The van der Waals surface area contributed by atoms with Crippen LogP contribution in [-0.2, 0) is 0 Å². The van der Waals surface area contributed by atoms with Gasteiger partial charge in [0.2, 0.25) is 0 Å². The first-order valence-corrected chi connectivity index (χ1v) is 8.86. The summed E-state index contributed by atoms with van der Waals surface area (Å²) in [6, 6.07) is 5.36. The van der Waals surface area contributed by atoms with E-state index in [0.717, 1.165) is 16.1 Å². The molecule has 0 spiro atoms. The van der Waals surface area contributed by atoms with E-state index in [-0.39, 0.29) is 11.7 Å². The smallest absolute Gasteiger partial charge is 0.252 e. The van der Waals surface area contributed by atoms with Crippen molar-refractivity contribution in [2.45, 2.75) is 33.6 Å². The number of fused-ring (bicyclic) bond motifs is 1. The second-order valence-electron chi connectivity index (χ2n) is 6.53. The number of phenolic OH excluding ortho intramolecular Hbond substituents is 1. The van der Waals surface area contributed by atoms with Crippen LogP contribution in [0.1, 0.15) is 46.3 Å². The van der Waals surface area contributed by atoms with E-state index in [0.29, 0.717) is 32.6 Å². The summed E-state index contributed by atoms with van der Waals surface area (Å²) >= 11 is 1.45. The van der Waals surface area contributed by atoms with E-state index in [1.165, 1.54) is 11.3 Å². The zero-order valence-electron chi connectivity index (χ0n) is 14.7. The van der Waals surface area contributed by atoms with E-state index >= 15 is 0 Å². The second kappa shape index (κ2) is 6.04. The van der Waals surface area contributed by atoms with Gasteiger partial charge in [0.05, 0.1) is 26.5 Å². The van der Waals surface area contributed by atoms with Crippen LogP contribution >= 0.6 is 11.3 Å². The highest BCUT2D eigenvalue weighted by Crippen LogP contribution is 2.42. The van der Waals surface area contributed by atoms with Crippen molar-refractivity contribution in [3.8, 4) is 16.9 Å². The molecule has 25 heavy (non-hydrogen) atoms. The first-order chi connectivity index (χ1) is 11.7. The van der Waals surface area contributed by atoms with Gasteiger partial charge in [0, 0.05) is 11.5 Å². The summed E-state index contributed by atoms with van der Waals surface area (Å²) < 4.78 is 0.716. The maximum Gasteiger partial charge on any atom is 0.252 e. The van der Waals surface area contributed by atoms with Gasteiger partial charge in [-0.05, 0) is 42.7 Å². The standard InChI is InChI=1S/C19H21N3O2S/c1-8(2)19-22-12-7-11(14-9(3)5-6-13(23)10(14)4)16(20)15(18(21)24)17(12)25-19/h5-8,23H,20H2,1-4H3,(H2,21,24). The third-order valence-electron chi connectivity index (χ3n) is 4.39. The molecule has 1 heterocycles. The van der Waals surface area contributed by atoms with Gasteiger partial charge in [0.25, 0.3) is 5.91 Å². The third kappa shape index (κ3) is 2.72. The van der Waals surface area contributed by atoms with Gasteiger partial charge in [-0.2, -0.15) is 0 Å². The molecule has 130 valence electrons. The minimum Gasteiger partial charge on any atom is -0.508 e. The number of benzene rings is 2. The number of aromatic nitrogens is 1. The van der Waals surface area contributed by atoms with Crippen molar-refractivity contribution in [1.82, 2.24) is 4.98 Å². The number of amides is 1. The largest absolute Gasteiger partial charge is 0.508 e. The molecule has 5 N–H and O–H groups in total. The molecule has 0 fully saturated rings. The van der Waals surface area contributed by atoms with E-state index in [4.69, 9.17) is 11.5 Å². The molecule has 5 nitrogen and oxygen atoms in total. The molecule has 0 aliphatic heterocycles. The zero-order valence-corrected chi connectivity index (χ0v) is 15.5. The Morgan fingerprint density at radius 1 is 1.28 bits per heavy atom. The molecule has 1 aromatic heterocycles. The van der Waals surface area contributed by atoms with Gasteiger partial charge in [-0.1, -0.05) is 19.9 Å². The maximum atomic E-state index is 12.1. The predicted octanol–water partition coefficient (Wildman–Crippen LogP) is 4.09. The minimum absolute atomic E-state index is 0.182. The summed E-state index contributed by atoms with van der Waals surface area (Å²) in [5, 5.41) is 11.0. The number of anilines is 1. The van der Waals surface area contributed by atoms with Gasteiger partial charge in [0.1, 0.15) is 5.75 Å². The number of carbonyl (C=O) groups excluding carboxylic acids is 1. The van der Waals surface area contributed by atoms with E-state index in [1.54, 1.807) is 6.07 Å². The predicted molar refractivity (Wildman–Crippen MR) is 103 cm³/mol. The number of nitrogen functional groups attached to an aromatic ring is 1. The lowest BCUT2D eigenvalue weighted by molar-refractivity contribution is 0.100. The lowest BCUT2D eigenvalue weighted by Gasteiger charge is -2.16. The fourth-order valence-electron chi connectivity index (χ4n) is 3.05. The number of aryl methyl sites for hydroxylation is 1. The van der Waals surface area contributed by atoms with Crippen LogP contribution in [0.3, 0.4) is 0 Å². The van der Waals surface area contributed by atoms with Crippen LogP contribution in [0.25, 0.3) is 21.3 Å². The van der Waals surface area contributed by atoms with Crippen molar-refractivity contribution in [3.63, 3.8) is 0 Å². The summed E-state index contributed by atoms with van der Waals surface area (Å²) in [7, 11) is 0. The number of primary amides is 1. The van der Waals surface area contributed by atoms with Crippen LogP contribution < -0.4 is 11.5 Å². The van der Waals surface area contributed by atoms with Gasteiger partial charge in [-0.3, -0.25) is 4.79 Å². The Hall–Kier alpha value is -2.60. The quantitative estimate of drug-likeness (QED) is 0.616. The second-order valence-corrected chi connectivity index (χ2v) is 7.56. The molecule has 0 saturated heterocycles. The SMILES string of the molecule is Cc1ccc(O)c(C)c1-c1cc2nc(C(C)C)sc2c(C(N)=O)c1N. The summed E-state index contributed by atoms with van der Waals surface area (Å²) in [4.78, 5) is 16.8. The lowest BCUT2D eigenvalue weighted by atomic mass is 9.92. The van der Waals surface area contributed by atoms with Crippen LogP contribution in [0.2, 0.25) is 0 Å². The molecular formula is C19H21N3O2S. The Balaban J connectivity index is 2.43. The minimum atomic E-state index is -0.571. The monoisotopic (exact) mass is 355 g/mol. The highest BCUT2D eigenvalue weighted by Gasteiger charge is 2.22. The summed E-state index contributed by atoms with van der Waals surface area (Å²) in [6.45, 7) is 7.87. The molecule has 2 aromatic carbocycles. The van der Waals surface area contributed by atoms with Crippen LogP contribution in [0.4, 0.5) is 5.69 Å². The number of hydrogen-bond acceptors (Lipinski definition) is 5. The number of hydrogen-bond donors (Lipinski definition) is 3. The molecule has 0 aliphatic carbocycles. The summed E-state index contributed by atoms with van der Waals surface area (Å²) in [5.41, 5.74) is 16.5. The number of nitrogens with zero attached hydrogens (tertiary/aromatic N) is 1. The van der Waals surface area contributed by atoms with Crippen LogP contribution in [0.15, 0.2) is 18.2 Å². The highest BCUT2D eigenvalue weighted by atomic mass is 32.1. The normalized spacial score (nSPS) is 11.4. The van der Waals surface area contributed by atoms with Crippen LogP contribution in [0, 0.1) is 13.8 Å². The van der Waals surface area contributed by atoms with Crippen LogP contribution in [0.5, 0.6) is 5.75 Å². The number of nitrogens with two attached hydrogens (primary N) is 2. The van der Waals surface area contributed by atoms with Gasteiger partial charge in [-0.25, -0.2) is 4.98 Å². The fourth-order valence-corrected chi connectivity index (χ4v) is 4.16. The van der Waals surface area contributed by atoms with Crippen molar-refractivity contribution < 1.29 is 9.90 Å².